The Hall–Kier alpha value is -13.5. The van der Waals surface area contributed by atoms with Crippen LogP contribution in [0.1, 0.15) is 88.6 Å². The van der Waals surface area contributed by atoms with Gasteiger partial charge in [0.2, 0.25) is 0 Å². The summed E-state index contributed by atoms with van der Waals surface area (Å²) in [7, 11) is 19.0. The Bertz CT molecular complexity index is 6370. The van der Waals surface area contributed by atoms with Crippen molar-refractivity contribution < 1.29 is 9.50 Å². The van der Waals surface area contributed by atoms with Crippen molar-refractivity contribution in [3.63, 3.8) is 0 Å². The van der Waals surface area contributed by atoms with E-state index in [9.17, 15) is 4.39 Å². The molecule has 0 unspecified atom stereocenters. The Morgan fingerprint density at radius 2 is 0.629 bits per heavy atom. The number of hydrogen-bond donors (Lipinski definition) is 1. The maximum absolute atomic E-state index is 14.7. The molecule has 0 radical (unpaired) electrons. The van der Waals surface area contributed by atoms with Crippen molar-refractivity contribution >= 4 is 101 Å². The van der Waals surface area contributed by atoms with E-state index in [4.69, 9.17) is 25.0 Å². The number of aryl methyl sites for hydroxylation is 6. The molecule has 0 bridgehead atoms. The van der Waals surface area contributed by atoms with Crippen LogP contribution in [0.3, 0.4) is 0 Å². The fourth-order valence-electron chi connectivity index (χ4n) is 19.2. The molecule has 0 saturated carbocycles. The predicted octanol–water partition coefficient (Wildman–Crippen LogP) is 13.7. The molecule has 6 aliphatic rings. The molecule has 1 N–H and O–H groups in total. The molecule has 1 atom stereocenters. The number of nitrogens with zero attached hydrogens (tertiary/aromatic N) is 30. The minimum absolute atomic E-state index is 0.0984. The van der Waals surface area contributed by atoms with Crippen molar-refractivity contribution in [2.75, 3.05) is 245 Å². The molecule has 32 heteroatoms. The van der Waals surface area contributed by atoms with E-state index < -0.39 is 0 Å². The van der Waals surface area contributed by atoms with Crippen LogP contribution in [0.25, 0.3) is 49.3 Å². The lowest BCUT2D eigenvalue weighted by atomic mass is 9.98. The van der Waals surface area contributed by atoms with Gasteiger partial charge in [-0.15, -0.1) is 0 Å². The van der Waals surface area contributed by atoms with Gasteiger partial charge in [0.1, 0.15) is 64.0 Å². The van der Waals surface area contributed by atoms with Crippen molar-refractivity contribution in [3.8, 4) is 0 Å². The van der Waals surface area contributed by atoms with E-state index >= 15 is 0 Å². The molecular weight excluding hydrogens is 1750 g/mol. The number of β-amino-alcohol motifs (C(OH)–C–C–N with tert-alkyl or cyclic N) is 1. The zero-order valence-electron chi connectivity index (χ0n) is 84.3. The fraction of sp³-hybridized carbons (Fsp3) is 0.417. The van der Waals surface area contributed by atoms with Crippen molar-refractivity contribution in [1.29, 1.82) is 0 Å². The average molecular weight is 1890 g/mol. The lowest BCUT2D eigenvalue weighted by molar-refractivity contribution is 0.188. The van der Waals surface area contributed by atoms with Crippen LogP contribution < -0.4 is 44.1 Å². The number of anilines is 9. The zero-order chi connectivity index (χ0) is 97.9. The summed E-state index contributed by atoms with van der Waals surface area (Å²) in [6, 6.07) is 56.4. The third kappa shape index (κ3) is 25.8. The lowest BCUT2D eigenvalue weighted by Crippen LogP contribution is -2.50. The highest BCUT2D eigenvalue weighted by Gasteiger charge is 2.29. The topological polar surface area (TPSA) is 262 Å². The summed E-state index contributed by atoms with van der Waals surface area (Å²) in [6.07, 6.45) is 11.4. The first kappa shape index (κ1) is 99.5. The van der Waals surface area contributed by atoms with Gasteiger partial charge >= 0.3 is 0 Å². The molecule has 20 rings (SSSR count). The van der Waals surface area contributed by atoms with E-state index in [1.54, 1.807) is 6.20 Å². The number of aliphatic hydroxyl groups is 1. The third-order valence-corrected chi connectivity index (χ3v) is 26.9. The number of aromatic nitrogens is 15. The summed E-state index contributed by atoms with van der Waals surface area (Å²) in [4.78, 5) is 104. The quantitative estimate of drug-likeness (QED) is 0.0661. The average Bonchev–Trinajstić information content (AvgIpc) is 0.795. The molecule has 140 heavy (non-hydrogen) atoms. The largest absolute Gasteiger partial charge is 0.395 e. The summed E-state index contributed by atoms with van der Waals surface area (Å²) >= 11 is 0. The van der Waals surface area contributed by atoms with E-state index in [1.165, 1.54) is 0 Å². The van der Waals surface area contributed by atoms with Gasteiger partial charge in [-0.2, -0.15) is 0 Å². The number of allylic oxidation sites excluding steroid dienone is 1. The molecule has 5 saturated heterocycles. The molecule has 1 aliphatic carbocycles. The second-order valence-electron chi connectivity index (χ2n) is 37.8. The van der Waals surface area contributed by atoms with Gasteiger partial charge in [-0.25, -0.2) is 54.2 Å². The fourth-order valence-corrected chi connectivity index (χ4v) is 19.2. The second kappa shape index (κ2) is 47.0. The molecule has 5 fully saturated rings. The number of benzene rings is 4. The van der Waals surface area contributed by atoms with Crippen LogP contribution in [0.4, 0.5) is 56.2 Å². The summed E-state index contributed by atoms with van der Waals surface area (Å²) in [5.74, 6) is 8.98. The molecule has 14 aromatic rings. The second-order valence-corrected chi connectivity index (χ2v) is 37.8. The zero-order valence-corrected chi connectivity index (χ0v) is 84.3. The third-order valence-electron chi connectivity index (χ3n) is 26.9. The van der Waals surface area contributed by atoms with E-state index in [0.29, 0.717) is 37.7 Å². The number of likely N-dealkylation sites (N-methyl/N-ethyl adjacent to an activating group) is 4. The predicted molar refractivity (Wildman–Crippen MR) is 565 cm³/mol. The van der Waals surface area contributed by atoms with E-state index in [-0.39, 0.29) is 12.4 Å². The Morgan fingerprint density at radius 1 is 0.329 bits per heavy atom. The van der Waals surface area contributed by atoms with Gasteiger partial charge in [-0.3, -0.25) is 29.8 Å². The molecule has 732 valence electrons. The number of piperazine rings is 4. The van der Waals surface area contributed by atoms with Crippen LogP contribution in [0.5, 0.6) is 0 Å². The van der Waals surface area contributed by atoms with Crippen molar-refractivity contribution in [2.45, 2.75) is 99.6 Å². The van der Waals surface area contributed by atoms with E-state index in [0.717, 1.165) is 321 Å². The van der Waals surface area contributed by atoms with Crippen molar-refractivity contribution in [3.05, 3.63) is 269 Å². The maximum Gasteiger partial charge on any atom is 0.132 e. The highest BCUT2D eigenvalue weighted by molar-refractivity contribution is 5.93. The highest BCUT2D eigenvalue weighted by atomic mass is 19.1. The minimum Gasteiger partial charge on any atom is -0.395 e. The molecule has 10 aromatic heterocycles. The number of rotatable bonds is 22. The van der Waals surface area contributed by atoms with Crippen LogP contribution in [0.15, 0.2) is 201 Å². The minimum atomic E-state index is -0.0984. The number of aliphatic hydroxyl groups excluding tert-OH is 1. The summed E-state index contributed by atoms with van der Waals surface area (Å²) in [5, 5.41) is 13.7. The number of hydrogen-bond acceptors (Lipinski definition) is 31. The first-order valence-corrected chi connectivity index (χ1v) is 49.2. The lowest BCUT2D eigenvalue weighted by Gasteiger charge is -2.38. The van der Waals surface area contributed by atoms with E-state index in [1.807, 2.05) is 114 Å². The molecule has 31 nitrogen and oxygen atoms in total. The molecule has 5 aliphatic heterocycles. The first-order chi connectivity index (χ1) is 67.8. The van der Waals surface area contributed by atoms with Gasteiger partial charge < -0.3 is 73.7 Å². The van der Waals surface area contributed by atoms with Crippen molar-refractivity contribution in [1.82, 2.24) is 104 Å². The number of pyridine rings is 5. The first-order valence-electron chi connectivity index (χ1n) is 49.2. The van der Waals surface area contributed by atoms with Crippen LogP contribution in [-0.2, 0) is 39.1 Å². The van der Waals surface area contributed by atoms with E-state index in [2.05, 4.69) is 308 Å². The van der Waals surface area contributed by atoms with Gasteiger partial charge in [-0.1, -0.05) is 78.9 Å². The normalized spacial score (nSPS) is 16.3. The molecule has 0 spiro atoms. The van der Waals surface area contributed by atoms with Crippen LogP contribution in [0, 0.1) is 34.6 Å². The number of halogens is 1. The molecule has 4 aromatic carbocycles. The smallest absolute Gasteiger partial charge is 0.132 e. The number of para-hydroxylation sites is 4. The van der Waals surface area contributed by atoms with Crippen molar-refractivity contribution in [2.24, 2.45) is 0 Å². The number of fused-ring (bicyclic) bond motifs is 5. The standard InChI is InChI=1S/C22H28N6O.2C22H28N6.C21H27FN6.C21H26N6/c1-17-24-19(15-21(25-17)28-11-9-27(10-12-28)13-14-29)16-26(2)20-7-3-5-18-6-4-8-23-22(18)20;1-16-14-28(12-11-26(16)3)21-13-19(24-17(2)25-21)15-27(4)20-9-5-7-18-8-6-10-23-22(18)20;1-17-24-19(15-21(25-17)28-12-6-11-26(2)13-14-28)16-27(3)20-9-4-7-18-8-5-10-23-22(18)20;1-15-24-17(13-19(25-15)28-11-9-26(2)10-12-28)14-27(3)21-18(22)7-6-16-5-4-8-23-20(16)21;1-16-23-18(14-20(24-16)27-12-10-25(2)11-13-27)15-26(3)19-8-4-6-17-7-5-9-22-21(17)19/h3-8,15,29H,9-14,16H2,1-2H3;5-10,13,16H,11-12,14-15H2,1-4H3;4-5,7-10,15H,6,11-14,16H2,1-3H3;4-5,8,13H,6-7,9-12,14H2,1-3H3;4-9,14H,10-13,15H2,1-3H3/t;16-;;;/m.0.../s1. The van der Waals surface area contributed by atoms with Crippen LogP contribution >= 0.6 is 0 Å². The Morgan fingerprint density at radius 3 is 0.979 bits per heavy atom. The maximum atomic E-state index is 14.7. The Balaban J connectivity index is 0.000000126. The Labute approximate surface area is 824 Å². The van der Waals surface area contributed by atoms with Gasteiger partial charge in [0.15, 0.2) is 0 Å². The van der Waals surface area contributed by atoms with Gasteiger partial charge in [-0.05, 0) is 149 Å². The summed E-state index contributed by atoms with van der Waals surface area (Å²) in [5.41, 5.74) is 15.9. The molecule has 0 amide bonds. The molecular formula is C108H137FN30O. The monoisotopic (exact) mass is 1890 g/mol. The summed E-state index contributed by atoms with van der Waals surface area (Å²) in [6.45, 7) is 35.6. The van der Waals surface area contributed by atoms with Gasteiger partial charge in [0, 0.05) is 255 Å². The van der Waals surface area contributed by atoms with Gasteiger partial charge in [0.05, 0.1) is 124 Å². The van der Waals surface area contributed by atoms with Crippen LogP contribution in [0.2, 0.25) is 0 Å². The Kier molecular flexibility index (Phi) is 33.4. The highest BCUT2D eigenvalue weighted by Crippen LogP contribution is 2.36. The van der Waals surface area contributed by atoms with Gasteiger partial charge in [0.25, 0.3) is 0 Å². The van der Waals surface area contributed by atoms with Crippen LogP contribution in [-0.4, -0.2) is 316 Å². The SMILES string of the molecule is Cc1nc(CN(C)C2=C(F)CCc3cccnc32)cc(N2CCN(C)CC2)n1.Cc1nc(CN(C)c2cccc3cccnc23)cc(N2CCCN(C)CC2)n1.Cc1nc(CN(C)c2cccc3cccnc23)cc(N2CCN(C)CC2)n1.Cc1nc(CN(C)c2cccc3cccnc23)cc(N2CCN(C)[C@@H](C)C2)n1.Cc1nc(CN(C)c2cccc3cccnc23)cc(N2CCN(CCO)CC2)n1. The summed E-state index contributed by atoms with van der Waals surface area (Å²) < 4.78 is 14.7. The molecule has 15 heterocycles.